The van der Waals surface area contributed by atoms with Gasteiger partial charge in [-0.2, -0.15) is 0 Å². The summed E-state index contributed by atoms with van der Waals surface area (Å²) >= 11 is 0. The largest absolute Gasteiger partial charge is 0.253 e. The van der Waals surface area contributed by atoms with Gasteiger partial charge in [0.25, 0.3) is 0 Å². The van der Waals surface area contributed by atoms with Gasteiger partial charge in [0.1, 0.15) is 17.3 Å². The van der Waals surface area contributed by atoms with Crippen LogP contribution >= 0.6 is 0 Å². The fraction of sp³-hybridized carbons (Fsp3) is 0.0833. The maximum Gasteiger partial charge on any atom is 0.149 e. The molecular weight excluding hydrogens is 196 g/mol. The maximum absolute atomic E-state index is 13.4. The van der Waals surface area contributed by atoms with Crippen LogP contribution in [0.1, 0.15) is 5.56 Å². The predicted molar refractivity (Wildman–Crippen MR) is 54.3 cm³/mol. The molecule has 76 valence electrons. The molecule has 0 unspecified atom stereocenters. The SMILES string of the molecule is Cc1cc(-c2ncccc2F)ccc1F. The first-order valence-electron chi connectivity index (χ1n) is 4.55. The fourth-order valence-electron chi connectivity index (χ4n) is 1.39. The zero-order chi connectivity index (χ0) is 10.8. The second-order valence-electron chi connectivity index (χ2n) is 3.30. The Hall–Kier alpha value is -1.77. The van der Waals surface area contributed by atoms with Crippen LogP contribution in [0.4, 0.5) is 8.78 Å². The van der Waals surface area contributed by atoms with Crippen molar-refractivity contribution in [3.63, 3.8) is 0 Å². The van der Waals surface area contributed by atoms with E-state index in [0.717, 1.165) is 0 Å². The molecule has 3 heteroatoms. The van der Waals surface area contributed by atoms with Gasteiger partial charge >= 0.3 is 0 Å². The molecule has 1 heterocycles. The van der Waals surface area contributed by atoms with Crippen molar-refractivity contribution in [1.29, 1.82) is 0 Å². The van der Waals surface area contributed by atoms with Crippen molar-refractivity contribution in [2.75, 3.05) is 0 Å². The summed E-state index contributed by atoms with van der Waals surface area (Å²) in [7, 11) is 0. The average Bonchev–Trinajstić information content (AvgIpc) is 2.23. The van der Waals surface area contributed by atoms with Gasteiger partial charge in [-0.15, -0.1) is 0 Å². The highest BCUT2D eigenvalue weighted by Gasteiger charge is 2.07. The molecule has 0 aliphatic rings. The molecule has 0 spiro atoms. The molecule has 0 fully saturated rings. The van der Waals surface area contributed by atoms with Gasteiger partial charge < -0.3 is 0 Å². The Morgan fingerprint density at radius 1 is 1.07 bits per heavy atom. The summed E-state index contributed by atoms with van der Waals surface area (Å²) < 4.78 is 26.4. The summed E-state index contributed by atoms with van der Waals surface area (Å²) in [4.78, 5) is 3.92. The summed E-state index contributed by atoms with van der Waals surface area (Å²) in [6.45, 7) is 1.64. The van der Waals surface area contributed by atoms with E-state index in [0.29, 0.717) is 11.1 Å². The van der Waals surface area contributed by atoms with Gasteiger partial charge in [-0.05, 0) is 42.8 Å². The molecule has 2 rings (SSSR count). The third kappa shape index (κ3) is 1.86. The molecule has 0 N–H and O–H groups in total. The Morgan fingerprint density at radius 3 is 2.53 bits per heavy atom. The highest BCUT2D eigenvalue weighted by Crippen LogP contribution is 2.21. The molecule has 15 heavy (non-hydrogen) atoms. The van der Waals surface area contributed by atoms with Crippen molar-refractivity contribution in [3.8, 4) is 11.3 Å². The van der Waals surface area contributed by atoms with Gasteiger partial charge in [0.2, 0.25) is 0 Å². The van der Waals surface area contributed by atoms with Gasteiger partial charge in [0.05, 0.1) is 0 Å². The van der Waals surface area contributed by atoms with Gasteiger partial charge in [-0.1, -0.05) is 0 Å². The maximum atomic E-state index is 13.4. The minimum Gasteiger partial charge on any atom is -0.253 e. The molecule has 0 amide bonds. The van der Waals surface area contributed by atoms with E-state index in [1.165, 1.54) is 30.5 Å². The first-order chi connectivity index (χ1) is 7.18. The Kier molecular flexibility index (Phi) is 2.46. The molecule has 0 aliphatic heterocycles. The first-order valence-corrected chi connectivity index (χ1v) is 4.55. The van der Waals surface area contributed by atoms with Crippen LogP contribution in [0.25, 0.3) is 11.3 Å². The van der Waals surface area contributed by atoms with E-state index < -0.39 is 5.82 Å². The van der Waals surface area contributed by atoms with Crippen LogP contribution in [0.15, 0.2) is 36.5 Å². The fourth-order valence-corrected chi connectivity index (χ4v) is 1.39. The number of aryl methyl sites for hydroxylation is 1. The standard InChI is InChI=1S/C12H9F2N/c1-8-7-9(4-5-10(8)13)12-11(14)3-2-6-15-12/h2-7H,1H3. The van der Waals surface area contributed by atoms with Crippen molar-refractivity contribution in [3.05, 3.63) is 53.7 Å². The van der Waals surface area contributed by atoms with E-state index >= 15 is 0 Å². The molecular formula is C12H9F2N. The summed E-state index contributed by atoms with van der Waals surface area (Å²) in [5, 5.41) is 0. The number of rotatable bonds is 1. The molecule has 0 aliphatic carbocycles. The van der Waals surface area contributed by atoms with E-state index in [4.69, 9.17) is 0 Å². The van der Waals surface area contributed by atoms with Gasteiger partial charge in [0.15, 0.2) is 0 Å². The van der Waals surface area contributed by atoms with Gasteiger partial charge in [0, 0.05) is 11.8 Å². The summed E-state index contributed by atoms with van der Waals surface area (Å²) in [5.74, 6) is -0.696. The van der Waals surface area contributed by atoms with E-state index in [-0.39, 0.29) is 11.5 Å². The summed E-state index contributed by atoms with van der Waals surface area (Å²) in [6.07, 6.45) is 1.51. The second kappa shape index (κ2) is 3.77. The zero-order valence-electron chi connectivity index (χ0n) is 8.17. The third-order valence-electron chi connectivity index (χ3n) is 2.19. The smallest absolute Gasteiger partial charge is 0.149 e. The van der Waals surface area contributed by atoms with Crippen LogP contribution in [0.2, 0.25) is 0 Å². The van der Waals surface area contributed by atoms with Crippen molar-refractivity contribution >= 4 is 0 Å². The van der Waals surface area contributed by atoms with Crippen LogP contribution in [-0.2, 0) is 0 Å². The van der Waals surface area contributed by atoms with Crippen LogP contribution in [0.5, 0.6) is 0 Å². The molecule has 1 aromatic carbocycles. The molecule has 2 aromatic rings. The lowest BCUT2D eigenvalue weighted by atomic mass is 10.1. The highest BCUT2D eigenvalue weighted by molar-refractivity contribution is 5.60. The van der Waals surface area contributed by atoms with Crippen LogP contribution in [-0.4, -0.2) is 4.98 Å². The predicted octanol–water partition coefficient (Wildman–Crippen LogP) is 3.34. The average molecular weight is 205 g/mol. The highest BCUT2D eigenvalue weighted by atomic mass is 19.1. The number of hydrogen-bond acceptors (Lipinski definition) is 1. The summed E-state index contributed by atoms with van der Waals surface area (Å²) in [5.41, 5.74) is 1.32. The minimum atomic E-state index is -0.400. The lowest BCUT2D eigenvalue weighted by Crippen LogP contribution is -1.90. The van der Waals surface area contributed by atoms with Crippen LogP contribution < -0.4 is 0 Å². The number of halogens is 2. The van der Waals surface area contributed by atoms with Gasteiger partial charge in [-0.3, -0.25) is 4.98 Å². The van der Waals surface area contributed by atoms with Crippen molar-refractivity contribution in [2.24, 2.45) is 0 Å². The number of pyridine rings is 1. The second-order valence-corrected chi connectivity index (χ2v) is 3.30. The monoisotopic (exact) mass is 205 g/mol. The number of nitrogens with zero attached hydrogens (tertiary/aromatic N) is 1. The van der Waals surface area contributed by atoms with Crippen molar-refractivity contribution in [1.82, 2.24) is 4.98 Å². The summed E-state index contributed by atoms with van der Waals surface area (Å²) in [6, 6.07) is 7.28. The van der Waals surface area contributed by atoms with Crippen molar-refractivity contribution in [2.45, 2.75) is 6.92 Å². The van der Waals surface area contributed by atoms with Crippen LogP contribution in [0, 0.1) is 18.6 Å². The molecule has 0 bridgehead atoms. The molecule has 1 aromatic heterocycles. The number of aromatic nitrogens is 1. The lowest BCUT2D eigenvalue weighted by Gasteiger charge is -2.03. The Bertz CT molecular complexity index is 495. The number of benzene rings is 1. The number of hydrogen-bond donors (Lipinski definition) is 0. The topological polar surface area (TPSA) is 12.9 Å². The lowest BCUT2D eigenvalue weighted by molar-refractivity contribution is 0.617. The molecule has 0 atom stereocenters. The molecule has 0 saturated carbocycles. The van der Waals surface area contributed by atoms with E-state index in [2.05, 4.69) is 4.98 Å². The van der Waals surface area contributed by atoms with Crippen molar-refractivity contribution < 1.29 is 8.78 Å². The Balaban J connectivity index is 2.55. The Morgan fingerprint density at radius 2 is 1.87 bits per heavy atom. The van der Waals surface area contributed by atoms with E-state index in [9.17, 15) is 8.78 Å². The molecule has 0 radical (unpaired) electrons. The Labute approximate surface area is 86.4 Å². The minimum absolute atomic E-state index is 0.251. The normalized spacial score (nSPS) is 10.3. The zero-order valence-corrected chi connectivity index (χ0v) is 8.17. The third-order valence-corrected chi connectivity index (χ3v) is 2.19. The van der Waals surface area contributed by atoms with Gasteiger partial charge in [-0.25, -0.2) is 8.78 Å². The molecule has 0 saturated heterocycles. The first kappa shape index (κ1) is 9.77. The van der Waals surface area contributed by atoms with E-state index in [1.807, 2.05) is 0 Å². The van der Waals surface area contributed by atoms with Crippen LogP contribution in [0.3, 0.4) is 0 Å². The quantitative estimate of drug-likeness (QED) is 0.695. The van der Waals surface area contributed by atoms with E-state index in [1.54, 1.807) is 13.0 Å². The molecule has 1 nitrogen and oxygen atoms in total.